The van der Waals surface area contributed by atoms with E-state index >= 15 is 0 Å². The smallest absolute Gasteiger partial charge is 0.340 e. The molecule has 2 aromatic carbocycles. The predicted octanol–water partition coefficient (Wildman–Crippen LogP) is 6.22. The molecule has 0 amide bonds. The van der Waals surface area contributed by atoms with Gasteiger partial charge in [-0.1, -0.05) is 75.4 Å². The Morgan fingerprint density at radius 2 is 1.72 bits per heavy atom. The summed E-state index contributed by atoms with van der Waals surface area (Å²) in [5, 5.41) is 20.4. The molecule has 0 saturated heterocycles. The molecule has 36 heavy (non-hydrogen) atoms. The van der Waals surface area contributed by atoms with Crippen LogP contribution in [0.25, 0.3) is 6.08 Å². The van der Waals surface area contributed by atoms with Gasteiger partial charge in [0.05, 0.1) is 18.2 Å². The van der Waals surface area contributed by atoms with Crippen LogP contribution in [0.15, 0.2) is 72.1 Å². The first-order chi connectivity index (χ1) is 17.0. The van der Waals surface area contributed by atoms with Gasteiger partial charge in [0.2, 0.25) is 13.9 Å². The van der Waals surface area contributed by atoms with Gasteiger partial charge in [0.1, 0.15) is 24.3 Å². The molecular weight excluding hydrogens is 466 g/mol. The van der Waals surface area contributed by atoms with Crippen LogP contribution in [0.3, 0.4) is 0 Å². The van der Waals surface area contributed by atoms with E-state index in [1.54, 1.807) is 11.1 Å². The highest BCUT2D eigenvalue weighted by Crippen LogP contribution is 2.49. The summed E-state index contributed by atoms with van der Waals surface area (Å²) in [5.41, 5.74) is 1.46. The molecule has 2 aliphatic rings. The van der Waals surface area contributed by atoms with Crippen LogP contribution < -0.4 is 0 Å². The highest BCUT2D eigenvalue weighted by molar-refractivity contribution is 6.74. The fourth-order valence-electron chi connectivity index (χ4n) is 4.32. The second-order valence-corrected chi connectivity index (χ2v) is 15.5. The van der Waals surface area contributed by atoms with Crippen LogP contribution in [0.2, 0.25) is 18.1 Å². The third kappa shape index (κ3) is 4.43. The summed E-state index contributed by atoms with van der Waals surface area (Å²) < 4.78 is 12.5. The second-order valence-electron chi connectivity index (χ2n) is 10.8. The van der Waals surface area contributed by atoms with Crippen LogP contribution in [-0.2, 0) is 20.6 Å². The van der Waals surface area contributed by atoms with Crippen LogP contribution in [0.5, 0.6) is 0 Å². The Labute approximate surface area is 214 Å². The standard InChI is InChI=1S/C29H31N3O3Si/c1-28(2,3)36(4,5)35-24-17-29(19-30,20-31)32-16-15-22-13-9-10-14-23(22)26(32)25(24)27(33)34-18-21-11-7-6-8-12-21/h6-16,26H,17-18H2,1-5H3/t26-/m0/s1. The molecule has 0 radical (unpaired) electrons. The number of benzene rings is 2. The normalized spacial score (nSPS) is 18.4. The topological polar surface area (TPSA) is 86.3 Å². The van der Waals surface area contributed by atoms with E-state index in [0.717, 1.165) is 16.7 Å². The molecule has 2 aliphatic heterocycles. The van der Waals surface area contributed by atoms with Crippen molar-refractivity contribution in [2.24, 2.45) is 0 Å². The van der Waals surface area contributed by atoms with Gasteiger partial charge in [0.15, 0.2) is 0 Å². The Kier molecular flexibility index (Phi) is 6.55. The molecule has 0 spiro atoms. The summed E-state index contributed by atoms with van der Waals surface area (Å²) in [6.45, 7) is 10.6. The molecule has 6 nitrogen and oxygen atoms in total. The average Bonchev–Trinajstić information content (AvgIpc) is 2.86. The quantitative estimate of drug-likeness (QED) is 0.360. The van der Waals surface area contributed by atoms with E-state index < -0.39 is 25.9 Å². The van der Waals surface area contributed by atoms with Gasteiger partial charge in [-0.05, 0) is 40.9 Å². The highest BCUT2D eigenvalue weighted by atomic mass is 28.4. The number of carbonyl (C=O) groups is 1. The Bertz CT molecular complexity index is 1300. The van der Waals surface area contributed by atoms with E-state index in [-0.39, 0.29) is 18.1 Å². The Morgan fingerprint density at radius 1 is 1.08 bits per heavy atom. The zero-order valence-electron chi connectivity index (χ0n) is 21.4. The molecule has 184 valence electrons. The van der Waals surface area contributed by atoms with E-state index in [1.165, 1.54) is 0 Å². The minimum atomic E-state index is -2.42. The average molecular weight is 498 g/mol. The minimum absolute atomic E-state index is 0.0225. The van der Waals surface area contributed by atoms with Gasteiger partial charge >= 0.3 is 5.97 Å². The zero-order chi connectivity index (χ0) is 26.1. The summed E-state index contributed by atoms with van der Waals surface area (Å²) in [7, 11) is -2.42. The third-order valence-corrected chi connectivity index (χ3v) is 11.8. The lowest BCUT2D eigenvalue weighted by Gasteiger charge is -2.48. The molecule has 0 unspecified atom stereocenters. The number of nitriles is 2. The molecule has 0 saturated carbocycles. The van der Waals surface area contributed by atoms with Gasteiger partial charge in [-0.25, -0.2) is 4.79 Å². The van der Waals surface area contributed by atoms with E-state index in [1.807, 2.05) is 60.7 Å². The monoisotopic (exact) mass is 497 g/mol. The van der Waals surface area contributed by atoms with Crippen LogP contribution in [0.4, 0.5) is 0 Å². The van der Waals surface area contributed by atoms with Gasteiger partial charge in [-0.15, -0.1) is 0 Å². The fourth-order valence-corrected chi connectivity index (χ4v) is 5.42. The molecule has 0 aliphatic carbocycles. The van der Waals surface area contributed by atoms with Crippen molar-refractivity contribution in [1.29, 1.82) is 10.5 Å². The summed E-state index contributed by atoms with van der Waals surface area (Å²) in [5.74, 6) is -0.119. The van der Waals surface area contributed by atoms with Crippen molar-refractivity contribution in [3.05, 3.63) is 88.8 Å². The summed E-state index contributed by atoms with van der Waals surface area (Å²) in [4.78, 5) is 15.5. The van der Waals surface area contributed by atoms with Crippen molar-refractivity contribution in [3.63, 3.8) is 0 Å². The van der Waals surface area contributed by atoms with Crippen LogP contribution >= 0.6 is 0 Å². The van der Waals surface area contributed by atoms with E-state index in [9.17, 15) is 15.3 Å². The van der Waals surface area contributed by atoms with Crippen LogP contribution in [0.1, 0.15) is 49.9 Å². The third-order valence-electron chi connectivity index (χ3n) is 7.40. The Balaban J connectivity index is 1.89. The number of fused-ring (bicyclic) bond motifs is 3. The van der Waals surface area contributed by atoms with Gasteiger partial charge < -0.3 is 14.1 Å². The van der Waals surface area contributed by atoms with E-state index in [0.29, 0.717) is 11.3 Å². The molecule has 0 N–H and O–H groups in total. The first-order valence-electron chi connectivity index (χ1n) is 12.0. The SMILES string of the molecule is CC(C)(C)[Si](C)(C)OC1=C(C(=O)OCc2ccccc2)[C@@H]2c3ccccc3C=CN2C(C#N)(C#N)C1. The number of ether oxygens (including phenoxy) is 1. The lowest BCUT2D eigenvalue weighted by atomic mass is 9.79. The van der Waals surface area contributed by atoms with Crippen molar-refractivity contribution in [2.45, 2.75) is 63.5 Å². The van der Waals surface area contributed by atoms with E-state index in [4.69, 9.17) is 9.16 Å². The molecule has 0 aromatic heterocycles. The molecule has 4 rings (SSSR count). The molecule has 7 heteroatoms. The maximum Gasteiger partial charge on any atom is 0.340 e. The zero-order valence-corrected chi connectivity index (χ0v) is 22.4. The number of hydrogen-bond donors (Lipinski definition) is 0. The largest absolute Gasteiger partial charge is 0.546 e. The van der Waals surface area contributed by atoms with Crippen molar-refractivity contribution in [3.8, 4) is 12.1 Å². The fraction of sp³-hybridized carbons (Fsp3) is 0.345. The lowest BCUT2D eigenvalue weighted by molar-refractivity contribution is -0.141. The number of nitrogens with zero attached hydrogens (tertiary/aromatic N) is 3. The maximum absolute atomic E-state index is 13.8. The molecule has 2 heterocycles. The van der Waals surface area contributed by atoms with Crippen LogP contribution in [0, 0.1) is 22.7 Å². The van der Waals surface area contributed by atoms with Gasteiger partial charge in [0, 0.05) is 6.20 Å². The van der Waals surface area contributed by atoms with Crippen molar-refractivity contribution in [2.75, 3.05) is 0 Å². The number of rotatable bonds is 5. The van der Waals surface area contributed by atoms with Gasteiger partial charge in [0.25, 0.3) is 0 Å². The van der Waals surface area contributed by atoms with Crippen LogP contribution in [-0.4, -0.2) is 24.7 Å². The van der Waals surface area contributed by atoms with Gasteiger partial charge in [-0.3, -0.25) is 0 Å². The molecule has 0 bridgehead atoms. The first kappa shape index (κ1) is 25.3. The minimum Gasteiger partial charge on any atom is -0.546 e. The Hall–Kier alpha value is -3.81. The number of carbonyl (C=O) groups excluding carboxylic acids is 1. The first-order valence-corrected chi connectivity index (χ1v) is 14.9. The molecule has 1 atom stereocenters. The summed E-state index contributed by atoms with van der Waals surface area (Å²) in [6, 6.07) is 21.0. The second kappa shape index (κ2) is 9.33. The van der Waals surface area contributed by atoms with Gasteiger partial charge in [-0.2, -0.15) is 10.5 Å². The lowest BCUT2D eigenvalue weighted by Crippen LogP contribution is -2.53. The highest BCUT2D eigenvalue weighted by Gasteiger charge is 2.53. The molecule has 0 fully saturated rings. The van der Waals surface area contributed by atoms with Crippen molar-refractivity contribution < 1.29 is 14.0 Å². The summed E-state index contributed by atoms with van der Waals surface area (Å²) in [6.07, 6.45) is 3.60. The predicted molar refractivity (Wildman–Crippen MR) is 140 cm³/mol. The van der Waals surface area contributed by atoms with E-state index in [2.05, 4.69) is 46.0 Å². The summed E-state index contributed by atoms with van der Waals surface area (Å²) >= 11 is 0. The molecule has 2 aromatic rings. The maximum atomic E-state index is 13.8. The molecular formula is C29H31N3O3Si. The van der Waals surface area contributed by atoms with Crippen molar-refractivity contribution in [1.82, 2.24) is 4.90 Å². The number of esters is 1. The number of hydrogen-bond acceptors (Lipinski definition) is 6. The van der Waals surface area contributed by atoms with Crippen molar-refractivity contribution >= 4 is 20.4 Å². The Morgan fingerprint density at radius 3 is 2.36 bits per heavy atom.